The van der Waals surface area contributed by atoms with Gasteiger partial charge in [0.2, 0.25) is 5.91 Å². The second-order valence-corrected chi connectivity index (χ2v) is 4.41. The van der Waals surface area contributed by atoms with Crippen LogP contribution in [0.5, 0.6) is 5.75 Å². The Balaban J connectivity index is 2.26. The molecule has 4 nitrogen and oxygen atoms in total. The highest BCUT2D eigenvalue weighted by Gasteiger charge is 2.07. The summed E-state index contributed by atoms with van der Waals surface area (Å²) in [5.41, 5.74) is 0. The van der Waals surface area contributed by atoms with Gasteiger partial charge in [0.15, 0.2) is 0 Å². The van der Waals surface area contributed by atoms with E-state index in [0.717, 1.165) is 5.75 Å². The fourth-order valence-electron chi connectivity index (χ4n) is 1.40. The van der Waals surface area contributed by atoms with Crippen molar-refractivity contribution in [3.63, 3.8) is 0 Å². The van der Waals surface area contributed by atoms with Crippen LogP contribution in [0.25, 0.3) is 0 Å². The van der Waals surface area contributed by atoms with Gasteiger partial charge in [-0.15, -0.1) is 0 Å². The highest BCUT2D eigenvalue weighted by Crippen LogP contribution is 2.16. The number of rotatable bonds is 7. The van der Waals surface area contributed by atoms with Crippen molar-refractivity contribution in [2.45, 2.75) is 6.42 Å². The van der Waals surface area contributed by atoms with E-state index < -0.39 is 0 Å². The van der Waals surface area contributed by atoms with Crippen LogP contribution in [0.4, 0.5) is 0 Å². The third kappa shape index (κ3) is 5.38. The van der Waals surface area contributed by atoms with E-state index in [4.69, 9.17) is 16.3 Å². The normalized spacial score (nSPS) is 10.2. The minimum Gasteiger partial charge on any atom is -0.492 e. The number of carbonyl (C=O) groups is 1. The number of nitrogens with one attached hydrogen (secondary N) is 1. The van der Waals surface area contributed by atoms with Gasteiger partial charge < -0.3 is 15.0 Å². The van der Waals surface area contributed by atoms with Gasteiger partial charge in [0.25, 0.3) is 0 Å². The minimum atomic E-state index is 0.110. The van der Waals surface area contributed by atoms with E-state index in [1.165, 1.54) is 0 Å². The molecule has 1 aromatic carbocycles. The van der Waals surface area contributed by atoms with Gasteiger partial charge in [0, 0.05) is 25.0 Å². The van der Waals surface area contributed by atoms with E-state index in [1.807, 2.05) is 19.2 Å². The Hall–Kier alpha value is -1.26. The molecule has 0 bridgehead atoms. The van der Waals surface area contributed by atoms with Crippen molar-refractivity contribution >= 4 is 17.5 Å². The summed E-state index contributed by atoms with van der Waals surface area (Å²) in [5, 5.41) is 3.59. The molecule has 0 unspecified atom stereocenters. The Kier molecular flexibility index (Phi) is 6.54. The highest BCUT2D eigenvalue weighted by atomic mass is 35.5. The Morgan fingerprint density at radius 3 is 2.94 bits per heavy atom. The molecule has 1 amide bonds. The maximum Gasteiger partial charge on any atom is 0.223 e. The van der Waals surface area contributed by atoms with Gasteiger partial charge in [0.1, 0.15) is 12.4 Å². The molecule has 5 heteroatoms. The summed E-state index contributed by atoms with van der Waals surface area (Å²) in [4.78, 5) is 13.3. The summed E-state index contributed by atoms with van der Waals surface area (Å²) in [6, 6.07) is 7.22. The summed E-state index contributed by atoms with van der Waals surface area (Å²) >= 11 is 5.84. The van der Waals surface area contributed by atoms with E-state index in [1.54, 1.807) is 24.1 Å². The van der Waals surface area contributed by atoms with Crippen molar-refractivity contribution in [3.8, 4) is 5.75 Å². The molecule has 0 heterocycles. The van der Waals surface area contributed by atoms with Crippen LogP contribution in [-0.4, -0.2) is 44.6 Å². The third-order valence-corrected chi connectivity index (χ3v) is 2.74. The van der Waals surface area contributed by atoms with Gasteiger partial charge in [0.05, 0.1) is 6.54 Å². The number of nitrogens with zero attached hydrogens (tertiary/aromatic N) is 1. The van der Waals surface area contributed by atoms with Gasteiger partial charge >= 0.3 is 0 Å². The second kappa shape index (κ2) is 7.95. The Bertz CT molecular complexity index is 385. The second-order valence-electron chi connectivity index (χ2n) is 3.97. The van der Waals surface area contributed by atoms with E-state index in [9.17, 15) is 4.79 Å². The summed E-state index contributed by atoms with van der Waals surface area (Å²) in [7, 11) is 3.61. The van der Waals surface area contributed by atoms with Crippen molar-refractivity contribution in [3.05, 3.63) is 29.3 Å². The molecular formula is C13H19ClN2O2. The number of carbonyl (C=O) groups excluding carboxylic acids is 1. The average molecular weight is 271 g/mol. The number of amides is 1. The first kappa shape index (κ1) is 14.8. The first-order valence-corrected chi connectivity index (χ1v) is 6.28. The lowest BCUT2D eigenvalue weighted by molar-refractivity contribution is -0.130. The lowest BCUT2D eigenvalue weighted by atomic mass is 10.3. The first-order valence-electron chi connectivity index (χ1n) is 5.90. The molecule has 0 radical (unpaired) electrons. The van der Waals surface area contributed by atoms with Crippen LogP contribution in [-0.2, 0) is 4.79 Å². The van der Waals surface area contributed by atoms with E-state index >= 15 is 0 Å². The minimum absolute atomic E-state index is 0.110. The van der Waals surface area contributed by atoms with Gasteiger partial charge in [-0.05, 0) is 25.2 Å². The molecule has 18 heavy (non-hydrogen) atoms. The van der Waals surface area contributed by atoms with Crippen molar-refractivity contribution in [2.24, 2.45) is 0 Å². The molecule has 0 aliphatic rings. The third-order valence-electron chi connectivity index (χ3n) is 2.51. The molecule has 100 valence electrons. The molecular weight excluding hydrogens is 252 g/mol. The molecule has 0 aliphatic heterocycles. The number of hydrogen-bond acceptors (Lipinski definition) is 3. The van der Waals surface area contributed by atoms with Crippen LogP contribution in [0.3, 0.4) is 0 Å². The number of benzene rings is 1. The SMILES string of the molecule is CNCCC(=O)N(C)CCOc1cccc(Cl)c1. The molecule has 0 aliphatic carbocycles. The predicted molar refractivity (Wildman–Crippen MR) is 73.1 cm³/mol. The van der Waals surface area contributed by atoms with Gasteiger partial charge in [-0.1, -0.05) is 17.7 Å². The maximum absolute atomic E-state index is 11.6. The maximum atomic E-state index is 11.6. The molecule has 1 N–H and O–H groups in total. The topological polar surface area (TPSA) is 41.6 Å². The molecule has 0 spiro atoms. The molecule has 1 rings (SSSR count). The molecule has 0 saturated carbocycles. The standard InChI is InChI=1S/C13H19ClN2O2/c1-15-7-6-13(17)16(2)8-9-18-12-5-3-4-11(14)10-12/h3-5,10,15H,6-9H2,1-2H3. The number of halogens is 1. The monoisotopic (exact) mass is 270 g/mol. The molecule has 0 atom stereocenters. The van der Waals surface area contributed by atoms with E-state index in [-0.39, 0.29) is 5.91 Å². The lowest BCUT2D eigenvalue weighted by Crippen LogP contribution is -2.32. The molecule has 0 fully saturated rings. The van der Waals surface area contributed by atoms with Gasteiger partial charge in [-0.3, -0.25) is 4.79 Å². The van der Waals surface area contributed by atoms with Crippen LogP contribution in [0, 0.1) is 0 Å². The molecule has 0 aromatic heterocycles. The lowest BCUT2D eigenvalue weighted by Gasteiger charge is -2.17. The summed E-state index contributed by atoms with van der Waals surface area (Å²) in [5.74, 6) is 0.831. The largest absolute Gasteiger partial charge is 0.492 e. The zero-order chi connectivity index (χ0) is 13.4. The quantitative estimate of drug-likeness (QED) is 0.821. The van der Waals surface area contributed by atoms with Crippen LogP contribution < -0.4 is 10.1 Å². The highest BCUT2D eigenvalue weighted by molar-refractivity contribution is 6.30. The van der Waals surface area contributed by atoms with Crippen molar-refractivity contribution in [2.75, 3.05) is 33.8 Å². The predicted octanol–water partition coefficient (Wildman–Crippen LogP) is 1.79. The molecule has 1 aromatic rings. The Morgan fingerprint density at radius 1 is 1.50 bits per heavy atom. The summed E-state index contributed by atoms with van der Waals surface area (Å²) < 4.78 is 5.52. The fraction of sp³-hybridized carbons (Fsp3) is 0.462. The van der Waals surface area contributed by atoms with Crippen molar-refractivity contribution < 1.29 is 9.53 Å². The van der Waals surface area contributed by atoms with Crippen LogP contribution in [0.1, 0.15) is 6.42 Å². The van der Waals surface area contributed by atoms with E-state index in [2.05, 4.69) is 5.32 Å². The van der Waals surface area contributed by atoms with Crippen molar-refractivity contribution in [1.82, 2.24) is 10.2 Å². The molecule has 0 saturated heterocycles. The van der Waals surface area contributed by atoms with Crippen molar-refractivity contribution in [1.29, 1.82) is 0 Å². The zero-order valence-electron chi connectivity index (χ0n) is 10.8. The average Bonchev–Trinajstić information content (AvgIpc) is 2.35. The Labute approximate surface area is 113 Å². The number of hydrogen-bond donors (Lipinski definition) is 1. The number of ether oxygens (including phenoxy) is 1. The van der Waals surface area contributed by atoms with Crippen LogP contribution in [0.2, 0.25) is 5.02 Å². The summed E-state index contributed by atoms with van der Waals surface area (Å²) in [6.45, 7) is 1.72. The van der Waals surface area contributed by atoms with Gasteiger partial charge in [-0.2, -0.15) is 0 Å². The van der Waals surface area contributed by atoms with Crippen LogP contribution >= 0.6 is 11.6 Å². The zero-order valence-corrected chi connectivity index (χ0v) is 11.5. The summed E-state index contributed by atoms with van der Waals surface area (Å²) in [6.07, 6.45) is 0.504. The van der Waals surface area contributed by atoms with Gasteiger partial charge in [-0.25, -0.2) is 0 Å². The van der Waals surface area contributed by atoms with E-state index in [0.29, 0.717) is 31.1 Å². The first-order chi connectivity index (χ1) is 8.63. The fourth-order valence-corrected chi connectivity index (χ4v) is 1.58. The van der Waals surface area contributed by atoms with Crippen LogP contribution in [0.15, 0.2) is 24.3 Å². The smallest absolute Gasteiger partial charge is 0.223 e. The number of likely N-dealkylation sites (N-methyl/N-ethyl adjacent to an activating group) is 1. The Morgan fingerprint density at radius 2 is 2.28 bits per heavy atom.